The molecule has 7 nitrogen and oxygen atoms in total. The molecule has 1 aromatic carbocycles. The lowest BCUT2D eigenvalue weighted by Crippen LogP contribution is -2.51. The Labute approximate surface area is 179 Å². The molecule has 2 saturated heterocycles. The van der Waals surface area contributed by atoms with Crippen LogP contribution in [0.2, 0.25) is 0 Å². The number of carbonyl (C=O) groups excluding carboxylic acids is 2. The maximum absolute atomic E-state index is 12.6. The average molecular weight is 437 g/mol. The maximum Gasteiger partial charge on any atom is 0.323 e. The summed E-state index contributed by atoms with van der Waals surface area (Å²) < 4.78 is 30.4. The van der Waals surface area contributed by atoms with Crippen molar-refractivity contribution < 1.29 is 22.7 Å². The minimum absolute atomic E-state index is 0.00884. The third kappa shape index (κ3) is 5.60. The summed E-state index contributed by atoms with van der Waals surface area (Å²) in [6.07, 6.45) is 4.66. The van der Waals surface area contributed by atoms with E-state index in [1.165, 1.54) is 0 Å². The lowest BCUT2D eigenvalue weighted by molar-refractivity contribution is -0.152. The van der Waals surface area contributed by atoms with Crippen LogP contribution in [0.15, 0.2) is 35.2 Å². The topological polar surface area (TPSA) is 84.0 Å². The molecule has 0 N–H and O–H groups in total. The van der Waals surface area contributed by atoms with Crippen LogP contribution in [0.5, 0.6) is 0 Å². The van der Waals surface area contributed by atoms with Crippen molar-refractivity contribution in [1.29, 1.82) is 0 Å². The van der Waals surface area contributed by atoms with Gasteiger partial charge in [0.1, 0.15) is 6.04 Å². The third-order valence-electron chi connectivity index (χ3n) is 6.08. The Kier molecular flexibility index (Phi) is 7.88. The first-order chi connectivity index (χ1) is 14.4. The molecule has 1 aromatic rings. The number of amides is 1. The van der Waals surface area contributed by atoms with E-state index in [9.17, 15) is 18.0 Å². The molecule has 0 bridgehead atoms. The maximum atomic E-state index is 12.6. The highest BCUT2D eigenvalue weighted by Gasteiger charge is 2.36. The highest BCUT2D eigenvalue weighted by atomic mass is 32.2. The van der Waals surface area contributed by atoms with Crippen LogP contribution < -0.4 is 0 Å². The largest absolute Gasteiger partial charge is 0.465 e. The first-order valence-corrected chi connectivity index (χ1v) is 12.6. The fraction of sp³-hybridized carbons (Fsp3) is 0.636. The molecule has 166 valence electrons. The SMILES string of the molecule is CCOC(=O)[C@H]1CCCCN1[C@@H]1CCC(=O)N(CCS(=O)(=O)c2ccccc2)CC1. The van der Waals surface area contributed by atoms with Gasteiger partial charge in [-0.3, -0.25) is 14.5 Å². The summed E-state index contributed by atoms with van der Waals surface area (Å²) in [5.74, 6) is -0.258. The standard InChI is InChI=1S/C22H32N2O5S/c1-2-29-22(26)20-10-6-7-14-24(20)18-11-12-21(25)23(15-13-18)16-17-30(27,28)19-8-4-3-5-9-19/h3-5,8-9,18,20H,2,6-7,10-17H2,1H3/t18-,20-/m1/s1. The molecule has 2 aliphatic rings. The number of piperidine rings is 1. The number of sulfone groups is 1. The molecule has 2 atom stereocenters. The summed E-state index contributed by atoms with van der Waals surface area (Å²) in [6, 6.07) is 8.26. The second kappa shape index (κ2) is 10.4. The fourth-order valence-electron chi connectivity index (χ4n) is 4.45. The van der Waals surface area contributed by atoms with Crippen LogP contribution in [0.25, 0.3) is 0 Å². The van der Waals surface area contributed by atoms with Gasteiger partial charge >= 0.3 is 5.97 Å². The van der Waals surface area contributed by atoms with Crippen LogP contribution in [-0.4, -0.2) is 74.2 Å². The highest BCUT2D eigenvalue weighted by Crippen LogP contribution is 2.26. The van der Waals surface area contributed by atoms with E-state index in [1.807, 2.05) is 6.92 Å². The van der Waals surface area contributed by atoms with Crippen molar-refractivity contribution in [3.8, 4) is 0 Å². The molecular weight excluding hydrogens is 404 g/mol. The monoisotopic (exact) mass is 436 g/mol. The van der Waals surface area contributed by atoms with Crippen molar-refractivity contribution in [1.82, 2.24) is 9.80 Å². The van der Waals surface area contributed by atoms with Gasteiger partial charge in [0.25, 0.3) is 0 Å². The molecule has 2 heterocycles. The first kappa shape index (κ1) is 22.7. The van der Waals surface area contributed by atoms with E-state index in [1.54, 1.807) is 35.2 Å². The Balaban J connectivity index is 1.61. The van der Waals surface area contributed by atoms with Crippen LogP contribution in [0.1, 0.15) is 45.4 Å². The predicted octanol–water partition coefficient (Wildman–Crippen LogP) is 2.26. The van der Waals surface area contributed by atoms with Crippen molar-refractivity contribution in [2.24, 2.45) is 0 Å². The van der Waals surface area contributed by atoms with Crippen LogP contribution in [0.3, 0.4) is 0 Å². The van der Waals surface area contributed by atoms with Gasteiger partial charge in [-0.15, -0.1) is 0 Å². The molecule has 0 saturated carbocycles. The number of hydrogen-bond donors (Lipinski definition) is 0. The zero-order valence-electron chi connectivity index (χ0n) is 17.7. The van der Waals surface area contributed by atoms with Crippen molar-refractivity contribution in [3.63, 3.8) is 0 Å². The average Bonchev–Trinajstić information content (AvgIpc) is 2.94. The summed E-state index contributed by atoms with van der Waals surface area (Å²) in [4.78, 5) is 29.2. The van der Waals surface area contributed by atoms with E-state index >= 15 is 0 Å². The van der Waals surface area contributed by atoms with Crippen molar-refractivity contribution >= 4 is 21.7 Å². The zero-order chi connectivity index (χ0) is 21.6. The van der Waals surface area contributed by atoms with Gasteiger partial charge in [0, 0.05) is 25.6 Å². The van der Waals surface area contributed by atoms with E-state index in [4.69, 9.17) is 4.74 Å². The molecule has 30 heavy (non-hydrogen) atoms. The minimum atomic E-state index is -3.42. The molecule has 0 aliphatic carbocycles. The van der Waals surface area contributed by atoms with Gasteiger partial charge in [-0.25, -0.2) is 8.42 Å². The quantitative estimate of drug-likeness (QED) is 0.610. The number of esters is 1. The number of ether oxygens (including phenoxy) is 1. The van der Waals surface area contributed by atoms with Crippen LogP contribution in [-0.2, 0) is 24.2 Å². The first-order valence-electron chi connectivity index (χ1n) is 10.9. The number of benzene rings is 1. The summed E-state index contributed by atoms with van der Waals surface area (Å²) >= 11 is 0. The fourth-order valence-corrected chi connectivity index (χ4v) is 5.72. The van der Waals surface area contributed by atoms with Gasteiger partial charge < -0.3 is 9.64 Å². The smallest absolute Gasteiger partial charge is 0.323 e. The Morgan fingerprint density at radius 2 is 1.87 bits per heavy atom. The zero-order valence-corrected chi connectivity index (χ0v) is 18.5. The molecule has 0 unspecified atom stereocenters. The second-order valence-corrected chi connectivity index (χ2v) is 10.1. The predicted molar refractivity (Wildman–Crippen MR) is 114 cm³/mol. The molecule has 0 spiro atoms. The molecule has 2 fully saturated rings. The van der Waals surface area contributed by atoms with Gasteiger partial charge in [0.05, 0.1) is 17.3 Å². The van der Waals surface area contributed by atoms with Gasteiger partial charge in [-0.05, 0) is 51.3 Å². The van der Waals surface area contributed by atoms with Gasteiger partial charge in [-0.2, -0.15) is 0 Å². The Hall–Kier alpha value is -1.93. The molecule has 2 aliphatic heterocycles. The van der Waals surface area contributed by atoms with E-state index in [0.717, 1.165) is 32.2 Å². The molecule has 0 aromatic heterocycles. The Morgan fingerprint density at radius 3 is 2.60 bits per heavy atom. The van der Waals surface area contributed by atoms with Gasteiger partial charge in [0.2, 0.25) is 5.91 Å². The summed E-state index contributed by atoms with van der Waals surface area (Å²) in [6.45, 7) is 3.74. The number of nitrogens with zero attached hydrogens (tertiary/aromatic N) is 2. The molecule has 1 amide bonds. The van der Waals surface area contributed by atoms with Gasteiger partial charge in [-0.1, -0.05) is 24.6 Å². The number of carbonyl (C=O) groups is 2. The normalized spacial score (nSPS) is 23.8. The number of rotatable bonds is 7. The second-order valence-electron chi connectivity index (χ2n) is 8.00. The molecular formula is C22H32N2O5S. The number of likely N-dealkylation sites (tertiary alicyclic amines) is 2. The lowest BCUT2D eigenvalue weighted by atomic mass is 9.96. The van der Waals surface area contributed by atoms with E-state index in [2.05, 4.69) is 4.90 Å². The molecule has 0 radical (unpaired) electrons. The van der Waals surface area contributed by atoms with Crippen LogP contribution in [0.4, 0.5) is 0 Å². The van der Waals surface area contributed by atoms with Crippen molar-refractivity contribution in [2.75, 3.05) is 32.0 Å². The van der Waals surface area contributed by atoms with Crippen LogP contribution >= 0.6 is 0 Å². The Morgan fingerprint density at radius 1 is 1.10 bits per heavy atom. The van der Waals surface area contributed by atoms with Crippen molar-refractivity contribution in [2.45, 2.75) is 62.4 Å². The number of hydrogen-bond acceptors (Lipinski definition) is 6. The van der Waals surface area contributed by atoms with Crippen LogP contribution in [0, 0.1) is 0 Å². The summed E-state index contributed by atoms with van der Waals surface area (Å²) in [5, 5.41) is 0. The molecule has 3 rings (SSSR count). The van der Waals surface area contributed by atoms with Crippen molar-refractivity contribution in [3.05, 3.63) is 30.3 Å². The Bertz CT molecular complexity index is 827. The van der Waals surface area contributed by atoms with Gasteiger partial charge in [0.15, 0.2) is 9.84 Å². The third-order valence-corrected chi connectivity index (χ3v) is 7.79. The molecule has 8 heteroatoms. The lowest BCUT2D eigenvalue weighted by Gasteiger charge is -2.39. The highest BCUT2D eigenvalue weighted by molar-refractivity contribution is 7.91. The van der Waals surface area contributed by atoms with E-state index in [0.29, 0.717) is 26.0 Å². The van der Waals surface area contributed by atoms with E-state index in [-0.39, 0.29) is 41.2 Å². The summed E-state index contributed by atoms with van der Waals surface area (Å²) in [5.41, 5.74) is 0. The minimum Gasteiger partial charge on any atom is -0.465 e. The van der Waals surface area contributed by atoms with E-state index < -0.39 is 9.84 Å². The summed E-state index contributed by atoms with van der Waals surface area (Å²) in [7, 11) is -3.42.